The third-order valence-electron chi connectivity index (χ3n) is 2.88. The molecule has 0 radical (unpaired) electrons. The fraction of sp³-hybridized carbons (Fsp3) is 0.750. The minimum Gasteiger partial charge on any atom is -0.478 e. The van der Waals surface area contributed by atoms with Crippen LogP contribution in [0.3, 0.4) is 0 Å². The van der Waals surface area contributed by atoms with Gasteiger partial charge in [0.05, 0.1) is 11.8 Å². The molecule has 50 heavy (non-hydrogen) atoms. The Kier molecular flexibility index (Phi) is 126. The number of aliphatic hydroxyl groups excluding tert-OH is 10. The number of hydrogen-bond donors (Lipinski definition) is 11. The van der Waals surface area contributed by atoms with Crippen molar-refractivity contribution in [3.8, 4) is 5.75 Å². The first-order valence-electron chi connectivity index (χ1n) is 17.0. The van der Waals surface area contributed by atoms with Crippen molar-refractivity contribution < 1.29 is 70.4 Å². The molecule has 0 aliphatic rings. The molecule has 14 nitrogen and oxygen atoms in total. The summed E-state index contributed by atoms with van der Waals surface area (Å²) in [5.41, 5.74) is 0.143. The van der Waals surface area contributed by atoms with E-state index >= 15 is 0 Å². The number of para-hydroxylation sites is 1. The number of carboxylic acid groups (broad SMARTS) is 1. The van der Waals surface area contributed by atoms with Crippen molar-refractivity contribution in [2.24, 2.45) is 0 Å². The van der Waals surface area contributed by atoms with Crippen molar-refractivity contribution in [2.45, 2.75) is 115 Å². The van der Waals surface area contributed by atoms with Gasteiger partial charge in [0.25, 0.3) is 0 Å². The number of benzene rings is 1. The van der Waals surface area contributed by atoms with Crippen LogP contribution in [0, 0.1) is 0 Å². The van der Waals surface area contributed by atoms with Gasteiger partial charge in [-0.25, -0.2) is 4.79 Å². The number of aliphatic hydroxyl groups is 10. The summed E-state index contributed by atoms with van der Waals surface area (Å²) in [6.45, 7) is 24.7. The van der Waals surface area contributed by atoms with Gasteiger partial charge >= 0.3 is 5.97 Å². The van der Waals surface area contributed by atoms with Crippen LogP contribution >= 0.6 is 0 Å². The summed E-state index contributed by atoms with van der Waals surface area (Å²) in [6.07, 6.45) is 3.88. The van der Waals surface area contributed by atoms with Crippen LogP contribution in [0.15, 0.2) is 42.2 Å². The Hall–Kier alpha value is -2.37. The van der Waals surface area contributed by atoms with Gasteiger partial charge in [-0.05, 0) is 94.7 Å². The lowest BCUT2D eigenvalue weighted by atomic mass is 10.1. The summed E-state index contributed by atoms with van der Waals surface area (Å²) in [4.78, 5) is 10.8. The van der Waals surface area contributed by atoms with Crippen molar-refractivity contribution >= 4 is 5.97 Å². The van der Waals surface area contributed by atoms with Gasteiger partial charge in [0.1, 0.15) is 5.75 Å². The fourth-order valence-electron chi connectivity index (χ4n) is 1.63. The monoisotopic (exact) mass is 739 g/mol. The van der Waals surface area contributed by atoms with Gasteiger partial charge in [0.2, 0.25) is 5.79 Å². The molecular weight excluding hydrogens is 656 g/mol. The molecular formula is C36H82O14. The van der Waals surface area contributed by atoms with Crippen LogP contribution in [-0.4, -0.2) is 134 Å². The maximum Gasteiger partial charge on any atom is 0.334 e. The van der Waals surface area contributed by atoms with Crippen LogP contribution in [0.1, 0.15) is 109 Å². The number of unbranched alkanes of at least 4 members (excludes halogenated alkanes) is 1. The summed E-state index contributed by atoms with van der Waals surface area (Å²) in [5.74, 6) is -1.16. The largest absolute Gasteiger partial charge is 0.478 e. The average molecular weight is 739 g/mol. The Morgan fingerprint density at radius 1 is 0.580 bits per heavy atom. The number of ether oxygens (including phenoxy) is 2. The average Bonchev–Trinajstić information content (AvgIpc) is 3.03. The molecule has 1 aromatic carbocycles. The molecule has 11 N–H and O–H groups in total. The Morgan fingerprint density at radius 3 is 1.06 bits per heavy atom. The Morgan fingerprint density at radius 2 is 0.840 bits per heavy atom. The normalized spacial score (nSPS) is 9.38. The quantitative estimate of drug-likeness (QED) is 0.103. The maximum atomic E-state index is 10.8. The minimum atomic E-state index is -0.998. The zero-order valence-electron chi connectivity index (χ0n) is 33.8. The highest BCUT2D eigenvalue weighted by molar-refractivity contribution is 5.85. The highest BCUT2D eigenvalue weighted by Gasteiger charge is 2.27. The molecule has 14 heteroatoms. The van der Waals surface area contributed by atoms with Gasteiger partial charge < -0.3 is 65.6 Å². The Bertz CT molecular complexity index is 589. The molecule has 0 aromatic heterocycles. The first-order valence-corrected chi connectivity index (χ1v) is 17.0. The second kappa shape index (κ2) is 85.8. The van der Waals surface area contributed by atoms with E-state index < -0.39 is 11.8 Å². The second-order valence-corrected chi connectivity index (χ2v) is 8.04. The second-order valence-electron chi connectivity index (χ2n) is 8.04. The van der Waals surface area contributed by atoms with E-state index in [4.69, 9.17) is 65.6 Å². The van der Waals surface area contributed by atoms with Crippen molar-refractivity contribution in [2.75, 3.05) is 66.1 Å². The van der Waals surface area contributed by atoms with Crippen LogP contribution in [0.25, 0.3) is 0 Å². The first kappa shape index (κ1) is 73.1. The van der Waals surface area contributed by atoms with Crippen LogP contribution in [-0.2, 0) is 9.53 Å². The number of aliphatic carboxylic acids is 1. The molecule has 0 aliphatic carbocycles. The molecule has 0 saturated carbocycles. The molecule has 0 aliphatic heterocycles. The predicted octanol–water partition coefficient (Wildman–Crippen LogP) is 3.96. The van der Waals surface area contributed by atoms with Crippen molar-refractivity contribution in [3.05, 3.63) is 42.2 Å². The van der Waals surface area contributed by atoms with E-state index in [1.54, 1.807) is 69.2 Å². The summed E-state index contributed by atoms with van der Waals surface area (Å²) < 4.78 is 11.5. The van der Waals surface area contributed by atoms with E-state index in [1.807, 2.05) is 37.3 Å². The molecule has 0 amide bonds. The maximum absolute atomic E-state index is 10.8. The van der Waals surface area contributed by atoms with E-state index in [2.05, 4.69) is 6.92 Å². The van der Waals surface area contributed by atoms with Gasteiger partial charge in [-0.15, -0.1) is 0 Å². The topological polar surface area (TPSA) is 258 Å². The van der Waals surface area contributed by atoms with Crippen molar-refractivity contribution in [1.29, 1.82) is 0 Å². The SMILES string of the molecule is CCCCC(C)(OC=C(C)C(=O)O)Oc1ccccc1.CCO.CCO.CCO.CCO.CCO.CCO.CCO.CCO.CCO.CCO. The molecule has 0 spiro atoms. The lowest BCUT2D eigenvalue weighted by Gasteiger charge is -2.30. The smallest absolute Gasteiger partial charge is 0.334 e. The number of carboxylic acids is 1. The van der Waals surface area contributed by atoms with E-state index in [0.29, 0.717) is 12.2 Å². The van der Waals surface area contributed by atoms with Gasteiger partial charge in [0, 0.05) is 79.4 Å². The van der Waals surface area contributed by atoms with E-state index in [-0.39, 0.29) is 71.6 Å². The standard InChI is InChI=1S/C16H22O4.10C2H6O/c1-4-5-11-16(3,19-12-13(2)15(17)18)20-14-9-7-6-8-10-14;10*1-2-3/h6-10,12H,4-5,11H2,1-3H3,(H,17,18);10*3H,2H2,1H3. The highest BCUT2D eigenvalue weighted by atomic mass is 16.7. The number of carbonyl (C=O) groups is 1. The molecule has 1 rings (SSSR count). The van der Waals surface area contributed by atoms with Gasteiger partial charge in [-0.1, -0.05) is 31.5 Å². The van der Waals surface area contributed by atoms with E-state index in [1.165, 1.54) is 13.2 Å². The van der Waals surface area contributed by atoms with E-state index in [0.717, 1.165) is 12.8 Å². The first-order chi connectivity index (χ1) is 23.6. The molecule has 0 bridgehead atoms. The summed E-state index contributed by atoms with van der Waals surface area (Å²) in [6, 6.07) is 9.37. The molecule has 1 atom stereocenters. The summed E-state index contributed by atoms with van der Waals surface area (Å²) in [5, 5.41) is 84.5. The fourth-order valence-corrected chi connectivity index (χ4v) is 1.63. The molecule has 0 saturated heterocycles. The van der Waals surface area contributed by atoms with Crippen LogP contribution < -0.4 is 4.74 Å². The molecule has 310 valence electrons. The molecule has 0 fully saturated rings. The lowest BCUT2D eigenvalue weighted by molar-refractivity contribution is -0.140. The Labute approximate surface area is 305 Å². The van der Waals surface area contributed by atoms with E-state index in [9.17, 15) is 4.79 Å². The van der Waals surface area contributed by atoms with Crippen LogP contribution in [0.4, 0.5) is 0 Å². The third-order valence-corrected chi connectivity index (χ3v) is 2.88. The third kappa shape index (κ3) is 138. The number of rotatable bonds is 8. The van der Waals surface area contributed by atoms with Gasteiger partial charge in [0.15, 0.2) is 0 Å². The van der Waals surface area contributed by atoms with Crippen molar-refractivity contribution in [3.63, 3.8) is 0 Å². The minimum absolute atomic E-state index is 0.143. The highest BCUT2D eigenvalue weighted by Crippen LogP contribution is 2.25. The number of hydrogen-bond acceptors (Lipinski definition) is 13. The molecule has 1 unspecified atom stereocenters. The zero-order valence-corrected chi connectivity index (χ0v) is 33.8. The Balaban J connectivity index is -0.0000000546. The summed E-state index contributed by atoms with van der Waals surface area (Å²) >= 11 is 0. The van der Waals surface area contributed by atoms with Gasteiger partial charge in [-0.3, -0.25) is 0 Å². The van der Waals surface area contributed by atoms with Gasteiger partial charge in [-0.2, -0.15) is 0 Å². The zero-order chi connectivity index (χ0) is 42.1. The predicted molar refractivity (Wildman–Crippen MR) is 205 cm³/mol. The van der Waals surface area contributed by atoms with Crippen molar-refractivity contribution in [1.82, 2.24) is 0 Å². The lowest BCUT2D eigenvalue weighted by Crippen LogP contribution is -2.34. The summed E-state index contributed by atoms with van der Waals surface area (Å²) in [7, 11) is 0. The van der Waals surface area contributed by atoms with Crippen LogP contribution in [0.5, 0.6) is 5.75 Å². The molecule has 0 heterocycles. The molecule has 1 aromatic rings. The van der Waals surface area contributed by atoms with Crippen LogP contribution in [0.2, 0.25) is 0 Å².